The molecule has 0 saturated carbocycles. The average molecular weight is 232 g/mol. The second-order valence-corrected chi connectivity index (χ2v) is 5.70. The highest BCUT2D eigenvalue weighted by molar-refractivity contribution is 5.33. The van der Waals surface area contributed by atoms with Gasteiger partial charge in [-0.05, 0) is 32.3 Å². The third kappa shape index (κ3) is 2.24. The third-order valence-corrected chi connectivity index (χ3v) is 4.43. The molecule has 3 N–H and O–H groups in total. The van der Waals surface area contributed by atoms with Crippen LogP contribution in [0, 0.1) is 6.92 Å². The van der Waals surface area contributed by atoms with Crippen molar-refractivity contribution in [2.75, 3.05) is 19.6 Å². The molecule has 3 rings (SSSR count). The second kappa shape index (κ2) is 4.79. The van der Waals surface area contributed by atoms with Crippen molar-refractivity contribution in [1.29, 1.82) is 0 Å². The summed E-state index contributed by atoms with van der Waals surface area (Å²) in [6, 6.07) is 7.80. The number of nitrogens with two attached hydrogens (primary N) is 1. The Morgan fingerprint density at radius 2 is 2.00 bits per heavy atom. The van der Waals surface area contributed by atoms with Crippen LogP contribution in [0.15, 0.2) is 18.2 Å². The van der Waals surface area contributed by atoms with Gasteiger partial charge in [0, 0.05) is 11.1 Å². The Morgan fingerprint density at radius 1 is 1.18 bits per heavy atom. The molecule has 2 aliphatic rings. The van der Waals surface area contributed by atoms with Crippen molar-refractivity contribution in [3.05, 3.63) is 34.9 Å². The third-order valence-electron chi connectivity index (χ3n) is 4.43. The molecule has 2 nitrogen and oxygen atoms in total. The van der Waals surface area contributed by atoms with E-state index in [4.69, 9.17) is 0 Å². The molecule has 1 aromatic rings. The number of hydrogen-bond acceptors (Lipinski definition) is 0. The first-order chi connectivity index (χ1) is 8.34. The van der Waals surface area contributed by atoms with Gasteiger partial charge in [0.05, 0.1) is 13.1 Å². The van der Waals surface area contributed by atoms with Gasteiger partial charge in [0.2, 0.25) is 0 Å². The standard InChI is InChI=1S/C15H22N2/c1-12-5-6-13-10-16-11-15(14(13)9-12)17-7-3-2-4-8-17/h5-6,9,15-16H,2-4,7-8,10-11H2,1H3/p+2/t15-/m1/s1. The summed E-state index contributed by atoms with van der Waals surface area (Å²) in [7, 11) is 0. The maximum absolute atomic E-state index is 2.49. The summed E-state index contributed by atoms with van der Waals surface area (Å²) in [6.07, 6.45) is 4.29. The topological polar surface area (TPSA) is 21.1 Å². The van der Waals surface area contributed by atoms with E-state index in [1.54, 1.807) is 11.1 Å². The number of hydrogen-bond donors (Lipinski definition) is 2. The molecule has 0 bridgehead atoms. The second-order valence-electron chi connectivity index (χ2n) is 5.70. The first kappa shape index (κ1) is 11.2. The van der Waals surface area contributed by atoms with Gasteiger partial charge in [0.15, 0.2) is 6.04 Å². The fourth-order valence-corrected chi connectivity index (χ4v) is 3.50. The Morgan fingerprint density at radius 3 is 2.82 bits per heavy atom. The van der Waals surface area contributed by atoms with Crippen molar-refractivity contribution < 1.29 is 10.2 Å². The minimum atomic E-state index is 0.749. The van der Waals surface area contributed by atoms with Crippen LogP contribution in [0.5, 0.6) is 0 Å². The Kier molecular flexibility index (Phi) is 3.17. The summed E-state index contributed by atoms with van der Waals surface area (Å²) < 4.78 is 0. The van der Waals surface area contributed by atoms with Gasteiger partial charge >= 0.3 is 0 Å². The van der Waals surface area contributed by atoms with Crippen LogP contribution >= 0.6 is 0 Å². The van der Waals surface area contributed by atoms with Crippen LogP contribution < -0.4 is 10.2 Å². The Hall–Kier alpha value is -0.860. The fourth-order valence-electron chi connectivity index (χ4n) is 3.50. The molecule has 17 heavy (non-hydrogen) atoms. The van der Waals surface area contributed by atoms with Gasteiger partial charge in [-0.1, -0.05) is 17.7 Å². The quantitative estimate of drug-likeness (QED) is 0.689. The monoisotopic (exact) mass is 232 g/mol. The molecular formula is C15H24N2+2. The van der Waals surface area contributed by atoms with E-state index in [-0.39, 0.29) is 0 Å². The van der Waals surface area contributed by atoms with Gasteiger partial charge in [-0.25, -0.2) is 0 Å². The van der Waals surface area contributed by atoms with Gasteiger partial charge in [-0.2, -0.15) is 0 Å². The number of nitrogens with one attached hydrogen (secondary N) is 1. The van der Waals surface area contributed by atoms with Crippen molar-refractivity contribution in [2.45, 2.75) is 38.8 Å². The lowest BCUT2D eigenvalue weighted by Gasteiger charge is -2.34. The lowest BCUT2D eigenvalue weighted by atomic mass is 9.92. The van der Waals surface area contributed by atoms with Gasteiger partial charge in [-0.3, -0.25) is 0 Å². The molecule has 92 valence electrons. The van der Waals surface area contributed by atoms with E-state index in [0.717, 1.165) is 6.04 Å². The molecule has 1 aromatic carbocycles. The Balaban J connectivity index is 1.89. The smallest absolute Gasteiger partial charge is 0.163 e. The molecule has 0 amide bonds. The van der Waals surface area contributed by atoms with Gasteiger partial charge < -0.3 is 10.2 Å². The number of benzene rings is 1. The van der Waals surface area contributed by atoms with E-state index in [2.05, 4.69) is 30.4 Å². The van der Waals surface area contributed by atoms with Crippen molar-refractivity contribution in [3.63, 3.8) is 0 Å². The van der Waals surface area contributed by atoms with E-state index in [1.807, 2.05) is 4.90 Å². The van der Waals surface area contributed by atoms with Crippen LogP contribution in [-0.4, -0.2) is 19.6 Å². The van der Waals surface area contributed by atoms with Crippen molar-refractivity contribution >= 4 is 0 Å². The first-order valence-electron chi connectivity index (χ1n) is 7.10. The zero-order chi connectivity index (χ0) is 11.7. The SMILES string of the molecule is Cc1ccc2c(c1)[C@H]([NH+]1CCCCC1)C[NH2+]C2. The lowest BCUT2D eigenvalue weighted by molar-refractivity contribution is -0.952. The zero-order valence-corrected chi connectivity index (χ0v) is 10.8. The van der Waals surface area contributed by atoms with E-state index in [9.17, 15) is 0 Å². The number of rotatable bonds is 1. The van der Waals surface area contributed by atoms with Crippen LogP contribution in [0.25, 0.3) is 0 Å². The van der Waals surface area contributed by atoms with Gasteiger partial charge in [0.25, 0.3) is 0 Å². The average Bonchev–Trinajstić information content (AvgIpc) is 2.39. The van der Waals surface area contributed by atoms with Crippen molar-refractivity contribution in [2.24, 2.45) is 0 Å². The number of quaternary nitrogens is 2. The molecule has 0 spiro atoms. The molecule has 0 aromatic heterocycles. The van der Waals surface area contributed by atoms with E-state index < -0.39 is 0 Å². The summed E-state index contributed by atoms with van der Waals surface area (Å²) >= 11 is 0. The minimum absolute atomic E-state index is 0.749. The Bertz CT molecular complexity index is 394. The highest BCUT2D eigenvalue weighted by Crippen LogP contribution is 2.19. The molecule has 2 heteroatoms. The maximum Gasteiger partial charge on any atom is 0.163 e. The maximum atomic E-state index is 2.49. The largest absolute Gasteiger partial charge is 0.337 e. The summed E-state index contributed by atoms with van der Waals surface area (Å²) in [5.41, 5.74) is 4.64. The van der Waals surface area contributed by atoms with Crippen LogP contribution in [0.1, 0.15) is 42.0 Å². The fraction of sp³-hybridized carbons (Fsp3) is 0.600. The Labute approximate surface area is 104 Å². The summed E-state index contributed by atoms with van der Waals surface area (Å²) in [5.74, 6) is 0. The van der Waals surface area contributed by atoms with E-state index in [1.165, 1.54) is 51.0 Å². The summed E-state index contributed by atoms with van der Waals surface area (Å²) in [4.78, 5) is 1.83. The number of likely N-dealkylation sites (tertiary alicyclic amines) is 1. The first-order valence-corrected chi connectivity index (χ1v) is 7.10. The normalized spacial score (nSPS) is 25.6. The van der Waals surface area contributed by atoms with Crippen molar-refractivity contribution in [3.8, 4) is 0 Å². The predicted octanol–water partition coefficient (Wildman–Crippen LogP) is 0.182. The summed E-state index contributed by atoms with van der Waals surface area (Å²) in [5, 5.41) is 2.49. The van der Waals surface area contributed by atoms with Gasteiger partial charge in [0.1, 0.15) is 13.1 Å². The number of fused-ring (bicyclic) bond motifs is 1. The molecule has 2 aliphatic heterocycles. The molecule has 1 fully saturated rings. The minimum Gasteiger partial charge on any atom is -0.337 e. The lowest BCUT2D eigenvalue weighted by Crippen LogP contribution is -3.16. The molecule has 0 aliphatic carbocycles. The highest BCUT2D eigenvalue weighted by Gasteiger charge is 2.32. The zero-order valence-electron chi connectivity index (χ0n) is 10.8. The number of aryl methyl sites for hydroxylation is 1. The van der Waals surface area contributed by atoms with E-state index >= 15 is 0 Å². The molecular weight excluding hydrogens is 208 g/mol. The molecule has 0 radical (unpaired) electrons. The molecule has 0 unspecified atom stereocenters. The van der Waals surface area contributed by atoms with Gasteiger partial charge in [-0.15, -0.1) is 0 Å². The molecule has 1 atom stereocenters. The van der Waals surface area contributed by atoms with Crippen LogP contribution in [0.2, 0.25) is 0 Å². The number of piperidine rings is 1. The van der Waals surface area contributed by atoms with Crippen LogP contribution in [0.4, 0.5) is 0 Å². The molecule has 1 saturated heterocycles. The predicted molar refractivity (Wildman–Crippen MR) is 69.0 cm³/mol. The highest BCUT2D eigenvalue weighted by atomic mass is 15.2. The summed E-state index contributed by atoms with van der Waals surface area (Å²) in [6.45, 7) is 7.45. The molecule has 2 heterocycles. The van der Waals surface area contributed by atoms with Crippen LogP contribution in [0.3, 0.4) is 0 Å². The van der Waals surface area contributed by atoms with Crippen LogP contribution in [-0.2, 0) is 6.54 Å². The van der Waals surface area contributed by atoms with E-state index in [0.29, 0.717) is 0 Å². The van der Waals surface area contributed by atoms with Crippen molar-refractivity contribution in [1.82, 2.24) is 0 Å².